The summed E-state index contributed by atoms with van der Waals surface area (Å²) in [7, 11) is 0. The van der Waals surface area contributed by atoms with E-state index in [0.29, 0.717) is 0 Å². The predicted molar refractivity (Wildman–Crippen MR) is 67.9 cm³/mol. The molecule has 0 bridgehead atoms. The highest BCUT2D eigenvalue weighted by molar-refractivity contribution is 6.30. The van der Waals surface area contributed by atoms with E-state index in [1.165, 1.54) is 5.56 Å². The Hall–Kier alpha value is -1.32. The van der Waals surface area contributed by atoms with Gasteiger partial charge in [-0.15, -0.1) is 0 Å². The summed E-state index contributed by atoms with van der Waals surface area (Å²) in [6.45, 7) is 0.868. The zero-order valence-corrected chi connectivity index (χ0v) is 10.3. The van der Waals surface area contributed by atoms with Gasteiger partial charge in [0.1, 0.15) is 12.4 Å². The minimum atomic E-state index is -0.00601. The van der Waals surface area contributed by atoms with Crippen molar-refractivity contribution in [2.75, 3.05) is 0 Å². The van der Waals surface area contributed by atoms with Crippen LogP contribution in [-0.2, 0) is 19.6 Å². The Morgan fingerprint density at radius 2 is 2.00 bits per heavy atom. The Morgan fingerprint density at radius 3 is 2.71 bits per heavy atom. The highest BCUT2D eigenvalue weighted by atomic mass is 35.5. The van der Waals surface area contributed by atoms with Crippen LogP contribution in [0.2, 0.25) is 5.02 Å². The molecule has 0 saturated heterocycles. The van der Waals surface area contributed by atoms with Gasteiger partial charge in [-0.25, -0.2) is 4.98 Å². The van der Waals surface area contributed by atoms with Gasteiger partial charge in [-0.1, -0.05) is 23.7 Å². The molecule has 0 atom stereocenters. The number of nitrogens with zero attached hydrogens (tertiary/aromatic N) is 2. The number of imidazole rings is 1. The molecule has 0 spiro atoms. The van der Waals surface area contributed by atoms with E-state index in [9.17, 15) is 0 Å². The topological polar surface area (TPSA) is 38.1 Å². The average Bonchev–Trinajstić information content (AvgIpc) is 2.79. The van der Waals surface area contributed by atoms with Crippen LogP contribution in [0.4, 0.5) is 0 Å². The third-order valence-corrected chi connectivity index (χ3v) is 2.97. The van der Waals surface area contributed by atoms with Crippen molar-refractivity contribution in [3.63, 3.8) is 0 Å². The fourth-order valence-corrected chi connectivity index (χ4v) is 1.93. The zero-order chi connectivity index (χ0) is 12.1. The number of halogens is 1. The van der Waals surface area contributed by atoms with E-state index in [4.69, 9.17) is 16.7 Å². The number of rotatable bonds is 5. The first kappa shape index (κ1) is 12.1. The molecule has 4 heteroatoms. The highest BCUT2D eigenvalue weighted by Crippen LogP contribution is 2.11. The van der Waals surface area contributed by atoms with Crippen LogP contribution in [0.15, 0.2) is 36.7 Å². The first-order valence-corrected chi connectivity index (χ1v) is 6.02. The van der Waals surface area contributed by atoms with Gasteiger partial charge in [0, 0.05) is 24.0 Å². The van der Waals surface area contributed by atoms with Crippen molar-refractivity contribution >= 4 is 11.6 Å². The van der Waals surface area contributed by atoms with Crippen LogP contribution in [0.1, 0.15) is 17.8 Å². The second-order valence-electron chi connectivity index (χ2n) is 3.92. The summed E-state index contributed by atoms with van der Waals surface area (Å²) in [6, 6.07) is 7.91. The summed E-state index contributed by atoms with van der Waals surface area (Å²) in [5, 5.41) is 9.83. The van der Waals surface area contributed by atoms with Crippen molar-refractivity contribution in [3.05, 3.63) is 53.1 Å². The second-order valence-corrected chi connectivity index (χ2v) is 4.36. The van der Waals surface area contributed by atoms with Crippen molar-refractivity contribution in [2.45, 2.75) is 26.0 Å². The number of hydrogen-bond acceptors (Lipinski definition) is 2. The fraction of sp³-hybridized carbons (Fsp3) is 0.308. The second kappa shape index (κ2) is 5.84. The molecule has 0 radical (unpaired) electrons. The van der Waals surface area contributed by atoms with Crippen LogP contribution in [0, 0.1) is 0 Å². The van der Waals surface area contributed by atoms with Gasteiger partial charge in [0.15, 0.2) is 0 Å². The van der Waals surface area contributed by atoms with Crippen LogP contribution in [0.25, 0.3) is 0 Å². The molecule has 2 rings (SSSR count). The first-order valence-electron chi connectivity index (χ1n) is 5.65. The molecule has 0 aliphatic heterocycles. The monoisotopic (exact) mass is 250 g/mol. The Kier molecular flexibility index (Phi) is 4.18. The van der Waals surface area contributed by atoms with Gasteiger partial charge in [0.2, 0.25) is 0 Å². The molecule has 0 unspecified atom stereocenters. The van der Waals surface area contributed by atoms with E-state index in [0.717, 1.165) is 30.2 Å². The van der Waals surface area contributed by atoms with Crippen molar-refractivity contribution in [1.82, 2.24) is 9.55 Å². The molecule has 0 saturated carbocycles. The third kappa shape index (κ3) is 3.32. The lowest BCUT2D eigenvalue weighted by Gasteiger charge is -2.06. The lowest BCUT2D eigenvalue weighted by atomic mass is 10.1. The highest BCUT2D eigenvalue weighted by Gasteiger charge is 2.00. The molecule has 0 aliphatic carbocycles. The van der Waals surface area contributed by atoms with Crippen LogP contribution in [0.5, 0.6) is 0 Å². The number of aromatic nitrogens is 2. The molecule has 2 aromatic rings. The molecule has 0 aliphatic rings. The summed E-state index contributed by atoms with van der Waals surface area (Å²) in [5.74, 6) is 0.723. The van der Waals surface area contributed by atoms with Crippen LogP contribution in [0.3, 0.4) is 0 Å². The van der Waals surface area contributed by atoms with Crippen molar-refractivity contribution in [1.29, 1.82) is 0 Å². The minimum absolute atomic E-state index is 0.00601. The maximum absolute atomic E-state index is 9.06. The van der Waals surface area contributed by atoms with E-state index in [2.05, 4.69) is 4.98 Å². The van der Waals surface area contributed by atoms with Gasteiger partial charge in [-0.3, -0.25) is 0 Å². The number of hydrogen-bond donors (Lipinski definition) is 1. The van der Waals surface area contributed by atoms with E-state index < -0.39 is 0 Å². The summed E-state index contributed by atoms with van der Waals surface area (Å²) < 4.78 is 1.98. The van der Waals surface area contributed by atoms with Gasteiger partial charge in [-0.05, 0) is 30.5 Å². The van der Waals surface area contributed by atoms with E-state index in [-0.39, 0.29) is 6.61 Å². The Morgan fingerprint density at radius 1 is 1.24 bits per heavy atom. The number of aliphatic hydroxyl groups is 1. The smallest absolute Gasteiger partial charge is 0.134 e. The van der Waals surface area contributed by atoms with Crippen LogP contribution >= 0.6 is 11.6 Å². The minimum Gasteiger partial charge on any atom is -0.388 e. The largest absolute Gasteiger partial charge is 0.388 e. The van der Waals surface area contributed by atoms with Crippen molar-refractivity contribution in [2.24, 2.45) is 0 Å². The zero-order valence-electron chi connectivity index (χ0n) is 9.51. The number of aryl methyl sites for hydroxylation is 2. The molecule has 0 amide bonds. The molecule has 1 aromatic carbocycles. The molecular weight excluding hydrogens is 236 g/mol. The average molecular weight is 251 g/mol. The number of aliphatic hydroxyl groups excluding tert-OH is 1. The number of benzene rings is 1. The van der Waals surface area contributed by atoms with Gasteiger partial charge >= 0.3 is 0 Å². The Labute approximate surface area is 106 Å². The predicted octanol–water partition coefficient (Wildman–Crippen LogP) is 2.66. The van der Waals surface area contributed by atoms with E-state index >= 15 is 0 Å². The van der Waals surface area contributed by atoms with Crippen molar-refractivity contribution in [3.8, 4) is 0 Å². The van der Waals surface area contributed by atoms with Crippen LogP contribution < -0.4 is 0 Å². The molecule has 17 heavy (non-hydrogen) atoms. The van der Waals surface area contributed by atoms with Gasteiger partial charge in [0.25, 0.3) is 0 Å². The molecule has 0 fully saturated rings. The maximum atomic E-state index is 9.06. The van der Waals surface area contributed by atoms with Gasteiger partial charge in [0.05, 0.1) is 0 Å². The Bertz CT molecular complexity index is 465. The SMILES string of the molecule is OCc1nccn1CCCc1ccc(Cl)cc1. The summed E-state index contributed by atoms with van der Waals surface area (Å²) in [6.07, 6.45) is 5.63. The normalized spacial score (nSPS) is 10.7. The first-order chi connectivity index (χ1) is 8.29. The molecule has 1 aromatic heterocycles. The van der Waals surface area contributed by atoms with E-state index in [1.54, 1.807) is 6.20 Å². The summed E-state index contributed by atoms with van der Waals surface area (Å²) in [5.41, 5.74) is 1.28. The van der Waals surface area contributed by atoms with Crippen LogP contribution in [-0.4, -0.2) is 14.7 Å². The quantitative estimate of drug-likeness (QED) is 0.886. The molecule has 1 heterocycles. The third-order valence-electron chi connectivity index (χ3n) is 2.72. The molecular formula is C13H15ClN2O. The lowest BCUT2D eigenvalue weighted by molar-refractivity contribution is 0.264. The molecule has 90 valence electrons. The van der Waals surface area contributed by atoms with Crippen molar-refractivity contribution < 1.29 is 5.11 Å². The molecule has 3 nitrogen and oxygen atoms in total. The van der Waals surface area contributed by atoms with E-state index in [1.807, 2.05) is 35.0 Å². The van der Waals surface area contributed by atoms with Gasteiger partial charge < -0.3 is 9.67 Å². The summed E-state index contributed by atoms with van der Waals surface area (Å²) in [4.78, 5) is 4.07. The van der Waals surface area contributed by atoms with Gasteiger partial charge in [-0.2, -0.15) is 0 Å². The molecule has 1 N–H and O–H groups in total. The lowest BCUT2D eigenvalue weighted by Crippen LogP contribution is -2.04. The fourth-order valence-electron chi connectivity index (χ4n) is 1.80. The maximum Gasteiger partial charge on any atom is 0.134 e. The Balaban J connectivity index is 1.85. The standard InChI is InChI=1S/C13H15ClN2O/c14-12-5-3-11(4-6-12)2-1-8-16-9-7-15-13(16)10-17/h3-7,9,17H,1-2,8,10H2. The summed E-state index contributed by atoms with van der Waals surface area (Å²) >= 11 is 5.83.